The normalized spacial score (nSPS) is 30.7. The van der Waals surface area contributed by atoms with Crippen LogP contribution in [0.1, 0.15) is 131 Å². The molecule has 10 heteroatoms. The molecule has 4 aliphatic rings. The number of hydrogen-bond donors (Lipinski definition) is 3. The minimum atomic E-state index is -0.0519. The van der Waals surface area contributed by atoms with Crippen LogP contribution in [0.3, 0.4) is 0 Å². The lowest BCUT2D eigenvalue weighted by atomic mass is 9.47. The minimum absolute atomic E-state index is 0. The van der Waals surface area contributed by atoms with Crippen molar-refractivity contribution in [1.29, 1.82) is 0 Å². The van der Waals surface area contributed by atoms with Gasteiger partial charge in [0.05, 0.1) is 6.54 Å². The van der Waals surface area contributed by atoms with Gasteiger partial charge in [-0.2, -0.15) is 0 Å². The molecule has 0 spiro atoms. The molecule has 4 rings (SSSR count). The van der Waals surface area contributed by atoms with Gasteiger partial charge in [0.15, 0.2) is 0 Å². The Morgan fingerprint density at radius 1 is 0.878 bits per heavy atom. The summed E-state index contributed by atoms with van der Waals surface area (Å²) in [6, 6.07) is 0. The van der Waals surface area contributed by atoms with Gasteiger partial charge in [-0.05, 0) is 156 Å². The van der Waals surface area contributed by atoms with Gasteiger partial charge in [-0.1, -0.05) is 65.5 Å². The summed E-state index contributed by atoms with van der Waals surface area (Å²) in [6.45, 7) is 18.1. The van der Waals surface area contributed by atoms with Gasteiger partial charge in [-0.3, -0.25) is 9.69 Å². The molecule has 0 heterocycles. The summed E-state index contributed by atoms with van der Waals surface area (Å²) >= 11 is 0. The van der Waals surface area contributed by atoms with E-state index < -0.39 is 0 Å². The first-order chi connectivity index (χ1) is 21.6. The van der Waals surface area contributed by atoms with E-state index in [2.05, 4.69) is 50.9 Å². The summed E-state index contributed by atoms with van der Waals surface area (Å²) < 4.78 is 6.20. The van der Waals surface area contributed by atoms with Gasteiger partial charge in [-0.15, -0.1) is 49.6 Å². The lowest BCUT2D eigenvalue weighted by Gasteiger charge is -2.58. The second kappa shape index (κ2) is 23.8. The molecule has 4 aliphatic carbocycles. The first-order valence-corrected chi connectivity index (χ1v) is 19.3. The van der Waals surface area contributed by atoms with Crippen LogP contribution >= 0.6 is 49.6 Å². The van der Waals surface area contributed by atoms with Crippen molar-refractivity contribution in [3.63, 3.8) is 0 Å². The summed E-state index contributed by atoms with van der Waals surface area (Å²) in [7, 11) is 0. The van der Waals surface area contributed by atoms with Crippen LogP contribution in [0.5, 0.6) is 0 Å². The molecule has 0 unspecified atom stereocenters. The second-order valence-corrected chi connectivity index (χ2v) is 16.7. The van der Waals surface area contributed by atoms with Crippen LogP contribution in [0.2, 0.25) is 0 Å². The molecule has 0 bridgehead atoms. The fourth-order valence-corrected chi connectivity index (χ4v) is 10.7. The van der Waals surface area contributed by atoms with E-state index in [9.17, 15) is 4.79 Å². The van der Waals surface area contributed by atoms with E-state index in [1.807, 2.05) is 0 Å². The number of unbranched alkanes of at least 4 members (excludes halogenated alkanes) is 1. The van der Waals surface area contributed by atoms with Crippen molar-refractivity contribution >= 4 is 55.6 Å². The number of fused-ring (bicyclic) bond motifs is 5. The van der Waals surface area contributed by atoms with Crippen LogP contribution in [0.4, 0.5) is 0 Å². The maximum absolute atomic E-state index is 13.2. The minimum Gasteiger partial charge on any atom is -0.461 e. The molecule has 3 saturated carbocycles. The van der Waals surface area contributed by atoms with Gasteiger partial charge in [0.25, 0.3) is 0 Å². The maximum atomic E-state index is 13.2. The second-order valence-electron chi connectivity index (χ2n) is 16.7. The molecule has 49 heavy (non-hydrogen) atoms. The molecule has 0 aliphatic heterocycles. The summed E-state index contributed by atoms with van der Waals surface area (Å²) in [5, 5.41) is 3.45. The highest BCUT2D eigenvalue weighted by Crippen LogP contribution is 2.67. The van der Waals surface area contributed by atoms with Crippen molar-refractivity contribution in [2.75, 3.05) is 45.8 Å². The third-order valence-electron chi connectivity index (χ3n) is 13.2. The molecule has 0 aromatic heterocycles. The molecular formula is C39H76Cl4N4O2. The van der Waals surface area contributed by atoms with E-state index in [0.29, 0.717) is 23.9 Å². The molecule has 0 radical (unpaired) electrons. The highest BCUT2D eigenvalue weighted by molar-refractivity contribution is 5.86. The van der Waals surface area contributed by atoms with Crippen molar-refractivity contribution < 1.29 is 9.53 Å². The van der Waals surface area contributed by atoms with E-state index in [-0.39, 0.29) is 61.7 Å². The Bertz CT molecular complexity index is 958. The van der Waals surface area contributed by atoms with Crippen LogP contribution in [0.15, 0.2) is 11.6 Å². The van der Waals surface area contributed by atoms with E-state index in [0.717, 1.165) is 107 Å². The molecular weight excluding hydrogens is 698 g/mol. The SMILES string of the molecule is CC(C)CCC[C@@H](C)[C@H]1CC[C@H]2[C@@H]3CC=C4C[C@@H](OC(=O)CN(CCCN)CCCCNCCCN)CC[C@]4(C)[C@H]3CC[C@]12C.Cl.Cl.Cl.Cl. The number of nitrogens with one attached hydrogen (secondary N) is 1. The maximum Gasteiger partial charge on any atom is 0.320 e. The number of rotatable bonds is 19. The predicted octanol–water partition coefficient (Wildman–Crippen LogP) is 9.00. The zero-order valence-electron chi connectivity index (χ0n) is 31.7. The van der Waals surface area contributed by atoms with E-state index in [4.69, 9.17) is 16.2 Å². The summed E-state index contributed by atoms with van der Waals surface area (Å²) in [5.74, 6) is 5.08. The molecule has 8 atom stereocenters. The Morgan fingerprint density at radius 2 is 1.57 bits per heavy atom. The highest BCUT2D eigenvalue weighted by atomic mass is 35.5. The van der Waals surface area contributed by atoms with Gasteiger partial charge < -0.3 is 21.5 Å². The number of carbonyl (C=O) groups excluding carboxylic acids is 1. The Hall–Kier alpha value is 0.210. The first kappa shape index (κ1) is 49.2. The molecule has 292 valence electrons. The van der Waals surface area contributed by atoms with Crippen molar-refractivity contribution in [2.24, 2.45) is 57.8 Å². The number of nitrogens with two attached hydrogens (primary N) is 2. The largest absolute Gasteiger partial charge is 0.461 e. The third kappa shape index (κ3) is 12.9. The summed E-state index contributed by atoms with van der Waals surface area (Å²) in [4.78, 5) is 15.4. The van der Waals surface area contributed by atoms with Gasteiger partial charge >= 0.3 is 5.97 Å². The molecule has 0 saturated heterocycles. The molecule has 5 N–H and O–H groups in total. The van der Waals surface area contributed by atoms with Crippen LogP contribution in [0, 0.1) is 46.3 Å². The topological polar surface area (TPSA) is 93.6 Å². The van der Waals surface area contributed by atoms with E-state index >= 15 is 0 Å². The highest BCUT2D eigenvalue weighted by Gasteiger charge is 2.59. The average molecular weight is 775 g/mol. The quantitative estimate of drug-likeness (QED) is 0.0690. The first-order valence-electron chi connectivity index (χ1n) is 19.3. The van der Waals surface area contributed by atoms with Crippen molar-refractivity contribution in [3.8, 4) is 0 Å². The van der Waals surface area contributed by atoms with Crippen LogP contribution in [-0.4, -0.2) is 62.8 Å². The molecule has 0 amide bonds. The van der Waals surface area contributed by atoms with Crippen LogP contribution < -0.4 is 16.8 Å². The number of nitrogens with zero attached hydrogens (tertiary/aromatic N) is 1. The van der Waals surface area contributed by atoms with Crippen LogP contribution in [-0.2, 0) is 9.53 Å². The van der Waals surface area contributed by atoms with Crippen LogP contribution in [0.25, 0.3) is 0 Å². The zero-order chi connectivity index (χ0) is 32.5. The Balaban J connectivity index is 0.00000576. The summed E-state index contributed by atoms with van der Waals surface area (Å²) in [6.07, 6.45) is 21.1. The van der Waals surface area contributed by atoms with Crippen molar-refractivity contribution in [3.05, 3.63) is 11.6 Å². The zero-order valence-corrected chi connectivity index (χ0v) is 35.0. The third-order valence-corrected chi connectivity index (χ3v) is 13.2. The predicted molar refractivity (Wildman–Crippen MR) is 218 cm³/mol. The van der Waals surface area contributed by atoms with Gasteiger partial charge in [0, 0.05) is 6.42 Å². The fourth-order valence-electron chi connectivity index (χ4n) is 10.7. The molecule has 0 aromatic rings. The number of ether oxygens (including phenoxy) is 1. The molecule has 3 fully saturated rings. The number of halogens is 4. The van der Waals surface area contributed by atoms with E-state index in [1.165, 1.54) is 57.8 Å². The average Bonchev–Trinajstić information content (AvgIpc) is 3.36. The molecule has 0 aromatic carbocycles. The Morgan fingerprint density at radius 3 is 2.27 bits per heavy atom. The standard InChI is InChI=1S/C39H72N4O2.4ClH/c1-29(2)11-8-12-30(3)34-15-16-35-33-14-13-31-27-32(17-19-38(31,4)36(33)18-20-39(34,35)5)45-37(44)28-43(26-10-22-41)25-7-6-23-42-24-9-21-40;;;;/h13,29-30,32-36,42H,6-12,14-28,40-41H2,1-5H3;4*1H/t30-,32+,33+,34-,35+,36+,38+,39-;;;;/m1..../s1. The van der Waals surface area contributed by atoms with Crippen molar-refractivity contribution in [1.82, 2.24) is 10.2 Å². The lowest BCUT2D eigenvalue weighted by molar-refractivity contribution is -0.152. The van der Waals surface area contributed by atoms with Gasteiger partial charge in [0.1, 0.15) is 6.10 Å². The van der Waals surface area contributed by atoms with Crippen molar-refractivity contribution in [2.45, 2.75) is 137 Å². The Kier molecular flexibility index (Phi) is 23.9. The fraction of sp³-hybridized carbons (Fsp3) is 0.923. The monoisotopic (exact) mass is 772 g/mol. The number of esters is 1. The van der Waals surface area contributed by atoms with E-state index in [1.54, 1.807) is 5.57 Å². The number of allylic oxidation sites excluding steroid dienone is 1. The van der Waals surface area contributed by atoms with Gasteiger partial charge in [0.2, 0.25) is 0 Å². The van der Waals surface area contributed by atoms with Gasteiger partial charge in [-0.25, -0.2) is 0 Å². The Labute approximate surface area is 326 Å². The number of hydrogen-bond acceptors (Lipinski definition) is 6. The lowest BCUT2D eigenvalue weighted by Crippen LogP contribution is -2.51. The smallest absolute Gasteiger partial charge is 0.320 e. The molecule has 6 nitrogen and oxygen atoms in total. The summed E-state index contributed by atoms with van der Waals surface area (Å²) in [5.41, 5.74) is 13.8. The number of carbonyl (C=O) groups is 1.